The average Bonchev–Trinajstić information content (AvgIpc) is 2.96. The number of aromatic nitrogens is 2. The van der Waals surface area contributed by atoms with Gasteiger partial charge in [-0.3, -0.25) is 19.4 Å². The van der Waals surface area contributed by atoms with Gasteiger partial charge in [0.25, 0.3) is 0 Å². The summed E-state index contributed by atoms with van der Waals surface area (Å²) in [6.45, 7) is 2.24. The van der Waals surface area contributed by atoms with Gasteiger partial charge in [0.2, 0.25) is 0 Å². The zero-order valence-corrected chi connectivity index (χ0v) is 17.9. The first-order chi connectivity index (χ1) is 15.1. The standard InChI is InChI=1S/C24H23ClN4O2/c25-19-7-8-21-18(15-19)6-5-17-3-1-10-27-22(17)23(21)29(20-4-2-9-26-16-20)13-11-28(12-14-29)24(30)31/h1-4,7-10,15-16,23H,5-6,11-14H2/p+1/t23-/m1/s1. The Morgan fingerprint density at radius 3 is 2.58 bits per heavy atom. The fourth-order valence-corrected chi connectivity index (χ4v) is 5.37. The molecule has 0 spiro atoms. The summed E-state index contributed by atoms with van der Waals surface area (Å²) in [6.07, 6.45) is 6.50. The number of halogens is 1. The van der Waals surface area contributed by atoms with Crippen LogP contribution in [0, 0.1) is 0 Å². The number of nitrogens with zero attached hydrogens (tertiary/aromatic N) is 4. The van der Waals surface area contributed by atoms with Crippen LogP contribution >= 0.6 is 11.6 Å². The Morgan fingerprint density at radius 2 is 1.84 bits per heavy atom. The van der Waals surface area contributed by atoms with E-state index in [0.717, 1.165) is 29.2 Å². The average molecular weight is 436 g/mol. The van der Waals surface area contributed by atoms with Crippen molar-refractivity contribution < 1.29 is 9.90 Å². The van der Waals surface area contributed by atoms with Gasteiger partial charge in [-0.1, -0.05) is 23.7 Å². The third kappa shape index (κ3) is 3.46. The van der Waals surface area contributed by atoms with Crippen molar-refractivity contribution >= 4 is 23.4 Å². The van der Waals surface area contributed by atoms with E-state index in [-0.39, 0.29) is 6.04 Å². The molecule has 3 heterocycles. The molecule has 1 fully saturated rings. The summed E-state index contributed by atoms with van der Waals surface area (Å²) in [5, 5.41) is 10.3. The number of rotatable bonds is 2. The molecule has 0 bridgehead atoms. The molecule has 3 aromatic rings. The van der Waals surface area contributed by atoms with Crippen LogP contribution in [0.1, 0.15) is 28.4 Å². The number of aryl methyl sites for hydroxylation is 2. The van der Waals surface area contributed by atoms with Crippen molar-refractivity contribution in [2.45, 2.75) is 18.9 Å². The van der Waals surface area contributed by atoms with E-state index in [1.54, 1.807) is 6.20 Å². The van der Waals surface area contributed by atoms with Crippen LogP contribution in [-0.2, 0) is 12.8 Å². The van der Waals surface area contributed by atoms with Gasteiger partial charge in [0.05, 0.1) is 19.3 Å². The summed E-state index contributed by atoms with van der Waals surface area (Å²) in [5.41, 5.74) is 5.84. The topological polar surface area (TPSA) is 66.3 Å². The lowest BCUT2D eigenvalue weighted by molar-refractivity contribution is 0.0942. The predicted octanol–water partition coefficient (Wildman–Crippen LogP) is 4.32. The maximum absolute atomic E-state index is 11.6. The van der Waals surface area contributed by atoms with Gasteiger partial charge in [-0.2, -0.15) is 0 Å². The highest BCUT2D eigenvalue weighted by Gasteiger charge is 2.47. The van der Waals surface area contributed by atoms with Gasteiger partial charge in [-0.05, 0) is 48.2 Å². The zero-order chi connectivity index (χ0) is 21.4. The summed E-state index contributed by atoms with van der Waals surface area (Å²) in [5.74, 6) is 0. The predicted molar refractivity (Wildman–Crippen MR) is 120 cm³/mol. The van der Waals surface area contributed by atoms with Gasteiger partial charge in [0, 0.05) is 29.0 Å². The van der Waals surface area contributed by atoms with Crippen LogP contribution in [0.3, 0.4) is 0 Å². The normalized spacial score (nSPS) is 19.8. The number of hydrogen-bond acceptors (Lipinski definition) is 3. The molecule has 158 valence electrons. The fraction of sp³-hybridized carbons (Fsp3) is 0.292. The van der Waals surface area contributed by atoms with Gasteiger partial charge in [-0.15, -0.1) is 0 Å². The van der Waals surface area contributed by atoms with Crippen LogP contribution in [0.15, 0.2) is 61.1 Å². The molecule has 1 aromatic carbocycles. The van der Waals surface area contributed by atoms with E-state index in [4.69, 9.17) is 16.6 Å². The first kappa shape index (κ1) is 20.0. The van der Waals surface area contributed by atoms with Crippen molar-refractivity contribution in [3.05, 3.63) is 88.5 Å². The SMILES string of the molecule is O=C(O)N1CC[N+](c2cccnc2)([C@@H]2c3ccc(Cl)cc3CCc3cccnc32)CC1. The Kier molecular flexibility index (Phi) is 5.12. The number of carbonyl (C=O) groups is 1. The molecule has 1 aliphatic carbocycles. The fourth-order valence-electron chi connectivity index (χ4n) is 5.18. The maximum atomic E-state index is 11.6. The minimum absolute atomic E-state index is 0.0499. The zero-order valence-electron chi connectivity index (χ0n) is 17.1. The highest BCUT2D eigenvalue weighted by atomic mass is 35.5. The Balaban J connectivity index is 1.74. The highest BCUT2D eigenvalue weighted by molar-refractivity contribution is 6.30. The molecule has 0 saturated carbocycles. The maximum Gasteiger partial charge on any atom is 0.407 e. The number of amides is 1. The third-order valence-corrected chi connectivity index (χ3v) is 6.95. The smallest absolute Gasteiger partial charge is 0.407 e. The molecule has 1 amide bonds. The lowest BCUT2D eigenvalue weighted by Gasteiger charge is -2.48. The second kappa shape index (κ2) is 7.94. The Morgan fingerprint density at radius 1 is 1.06 bits per heavy atom. The summed E-state index contributed by atoms with van der Waals surface area (Å²) in [7, 11) is 0. The number of carboxylic acid groups (broad SMARTS) is 1. The first-order valence-corrected chi connectivity index (χ1v) is 10.9. The van der Waals surface area contributed by atoms with Gasteiger partial charge in [0.1, 0.15) is 18.8 Å². The van der Waals surface area contributed by atoms with E-state index >= 15 is 0 Å². The van der Waals surface area contributed by atoms with Crippen LogP contribution < -0.4 is 4.48 Å². The van der Waals surface area contributed by atoms with E-state index in [9.17, 15) is 9.90 Å². The van der Waals surface area contributed by atoms with Crippen molar-refractivity contribution in [3.8, 4) is 0 Å². The third-order valence-electron chi connectivity index (χ3n) is 6.71. The van der Waals surface area contributed by atoms with Crippen molar-refractivity contribution in [3.63, 3.8) is 0 Å². The van der Waals surface area contributed by atoms with Crippen LogP contribution in [-0.4, -0.2) is 52.2 Å². The van der Waals surface area contributed by atoms with Crippen molar-refractivity contribution in [1.29, 1.82) is 0 Å². The van der Waals surface area contributed by atoms with Crippen molar-refractivity contribution in [2.24, 2.45) is 0 Å². The van der Waals surface area contributed by atoms with E-state index in [1.165, 1.54) is 21.6 Å². The van der Waals surface area contributed by atoms with Crippen LogP contribution in [0.25, 0.3) is 0 Å². The minimum Gasteiger partial charge on any atom is -0.465 e. The first-order valence-electron chi connectivity index (χ1n) is 10.6. The molecule has 5 rings (SSSR count). The number of pyridine rings is 2. The molecule has 0 radical (unpaired) electrons. The summed E-state index contributed by atoms with van der Waals surface area (Å²) < 4.78 is 0.594. The molecule has 2 aliphatic rings. The monoisotopic (exact) mass is 435 g/mol. The summed E-state index contributed by atoms with van der Waals surface area (Å²) in [6, 6.07) is 14.3. The van der Waals surface area contributed by atoms with E-state index in [1.807, 2.05) is 30.6 Å². The number of quaternary nitrogens is 1. The molecule has 2 aromatic heterocycles. The molecular formula is C24H24ClN4O2+. The molecule has 0 unspecified atom stereocenters. The van der Waals surface area contributed by atoms with Gasteiger partial charge < -0.3 is 5.11 Å². The second-order valence-corrected chi connectivity index (χ2v) is 8.69. The van der Waals surface area contributed by atoms with Crippen LogP contribution in [0.5, 0.6) is 0 Å². The Labute approximate surface area is 186 Å². The molecule has 31 heavy (non-hydrogen) atoms. The molecule has 1 aliphatic heterocycles. The van der Waals surface area contributed by atoms with Crippen LogP contribution in [0.4, 0.5) is 10.5 Å². The van der Waals surface area contributed by atoms with Crippen molar-refractivity contribution in [2.75, 3.05) is 26.2 Å². The lowest BCUT2D eigenvalue weighted by atomic mass is 9.92. The van der Waals surface area contributed by atoms with Gasteiger partial charge >= 0.3 is 6.09 Å². The van der Waals surface area contributed by atoms with Gasteiger partial charge in [0.15, 0.2) is 11.7 Å². The van der Waals surface area contributed by atoms with E-state index in [2.05, 4.69) is 29.2 Å². The minimum atomic E-state index is -0.865. The molecule has 1 saturated heterocycles. The molecular weight excluding hydrogens is 412 g/mol. The Hall–Kier alpha value is -2.96. The van der Waals surface area contributed by atoms with Crippen LogP contribution in [0.2, 0.25) is 5.02 Å². The number of benzene rings is 1. The lowest BCUT2D eigenvalue weighted by Crippen LogP contribution is -2.63. The number of hydrogen-bond donors (Lipinski definition) is 1. The number of fused-ring (bicyclic) bond motifs is 2. The molecule has 7 heteroatoms. The summed E-state index contributed by atoms with van der Waals surface area (Å²) >= 11 is 6.38. The van der Waals surface area contributed by atoms with Gasteiger partial charge in [-0.25, -0.2) is 4.79 Å². The van der Waals surface area contributed by atoms with E-state index in [0.29, 0.717) is 30.7 Å². The largest absolute Gasteiger partial charge is 0.465 e. The molecule has 1 atom stereocenters. The second-order valence-electron chi connectivity index (χ2n) is 8.26. The molecule has 6 nitrogen and oxygen atoms in total. The summed E-state index contributed by atoms with van der Waals surface area (Å²) in [4.78, 5) is 22.5. The van der Waals surface area contributed by atoms with Crippen molar-refractivity contribution in [1.82, 2.24) is 19.4 Å². The quantitative estimate of drug-likeness (QED) is 0.609. The Bertz CT molecular complexity index is 1110. The van der Waals surface area contributed by atoms with E-state index < -0.39 is 6.09 Å². The molecule has 1 N–H and O–H groups in total. The highest BCUT2D eigenvalue weighted by Crippen LogP contribution is 2.44. The number of piperazine rings is 1.